The van der Waals surface area contributed by atoms with E-state index in [4.69, 9.17) is 9.84 Å². The van der Waals surface area contributed by atoms with Gasteiger partial charge in [-0.1, -0.05) is 0 Å². The van der Waals surface area contributed by atoms with Crippen molar-refractivity contribution in [1.82, 2.24) is 0 Å². The third kappa shape index (κ3) is 2.94. The first-order valence-electron chi connectivity index (χ1n) is 3.55. The van der Waals surface area contributed by atoms with Gasteiger partial charge in [0.25, 0.3) is 0 Å². The summed E-state index contributed by atoms with van der Waals surface area (Å²) in [7, 11) is 0. The van der Waals surface area contributed by atoms with Crippen molar-refractivity contribution in [2.75, 3.05) is 6.61 Å². The molecule has 1 rings (SSSR count). The van der Waals surface area contributed by atoms with Gasteiger partial charge in [-0.05, 0) is 24.3 Å². The molecule has 0 fully saturated rings. The molecule has 0 heterocycles. The molecule has 67 valence electrons. The smallest absolute Gasteiger partial charge is 0.341 e. The number of hydrogen-bond acceptors (Lipinski definition) is 3. The summed E-state index contributed by atoms with van der Waals surface area (Å²) < 4.78 is 4.84. The van der Waals surface area contributed by atoms with Crippen LogP contribution in [0, 0.1) is 0 Å². The third-order valence-corrected chi connectivity index (χ3v) is 1.33. The van der Waals surface area contributed by atoms with E-state index >= 15 is 0 Å². The summed E-state index contributed by atoms with van der Waals surface area (Å²) in [4.78, 5) is 20.2. The van der Waals surface area contributed by atoms with E-state index in [1.807, 2.05) is 0 Å². The van der Waals surface area contributed by atoms with Crippen molar-refractivity contribution in [2.24, 2.45) is 0 Å². The minimum atomic E-state index is -1.04. The van der Waals surface area contributed by atoms with Crippen LogP contribution in [-0.2, 0) is 9.59 Å². The van der Waals surface area contributed by atoms with Crippen molar-refractivity contribution in [2.45, 2.75) is 0 Å². The molecule has 0 saturated carbocycles. The van der Waals surface area contributed by atoms with Crippen LogP contribution in [0.1, 0.15) is 5.56 Å². The molecule has 1 N–H and O–H groups in total. The van der Waals surface area contributed by atoms with E-state index in [9.17, 15) is 9.59 Å². The van der Waals surface area contributed by atoms with Gasteiger partial charge in [0.05, 0.1) is 0 Å². The highest BCUT2D eigenvalue weighted by Gasteiger charge is 1.98. The molecule has 1 aromatic carbocycles. The zero-order chi connectivity index (χ0) is 9.68. The van der Waals surface area contributed by atoms with Gasteiger partial charge in [0.2, 0.25) is 6.29 Å². The third-order valence-electron chi connectivity index (χ3n) is 1.33. The highest BCUT2D eigenvalue weighted by molar-refractivity contribution is 5.75. The highest BCUT2D eigenvalue weighted by Crippen LogP contribution is 2.10. The molecule has 1 aromatic rings. The lowest BCUT2D eigenvalue weighted by Crippen LogP contribution is -2.09. The van der Waals surface area contributed by atoms with Crippen LogP contribution >= 0.6 is 0 Å². The van der Waals surface area contributed by atoms with Crippen molar-refractivity contribution in [3.05, 3.63) is 29.8 Å². The molecule has 0 bridgehead atoms. The zero-order valence-corrected chi connectivity index (χ0v) is 6.69. The number of ether oxygens (including phenoxy) is 1. The Morgan fingerprint density at radius 1 is 1.38 bits per heavy atom. The molecular weight excluding hydrogens is 172 g/mol. The quantitative estimate of drug-likeness (QED) is 0.735. The maximum absolute atomic E-state index is 10.1. The minimum Gasteiger partial charge on any atom is -0.482 e. The summed E-state index contributed by atoms with van der Waals surface area (Å²) >= 11 is 0. The van der Waals surface area contributed by atoms with E-state index in [0.717, 1.165) is 0 Å². The van der Waals surface area contributed by atoms with Gasteiger partial charge in [-0.3, -0.25) is 4.79 Å². The number of rotatable bonds is 4. The lowest BCUT2D eigenvalue weighted by atomic mass is 10.2. The largest absolute Gasteiger partial charge is 0.482 e. The maximum Gasteiger partial charge on any atom is 0.341 e. The molecule has 0 unspecified atom stereocenters. The topological polar surface area (TPSA) is 63.6 Å². The van der Waals surface area contributed by atoms with E-state index < -0.39 is 5.97 Å². The van der Waals surface area contributed by atoms with Crippen molar-refractivity contribution >= 4 is 12.3 Å². The molecule has 13 heavy (non-hydrogen) atoms. The first kappa shape index (κ1) is 9.25. The second kappa shape index (κ2) is 4.25. The second-order valence-electron chi connectivity index (χ2n) is 2.31. The van der Waals surface area contributed by atoms with Gasteiger partial charge in [0.15, 0.2) is 6.61 Å². The summed E-state index contributed by atoms with van der Waals surface area (Å²) in [5.41, 5.74) is 0.405. The zero-order valence-electron chi connectivity index (χ0n) is 6.69. The fraction of sp³-hybridized carbons (Fsp3) is 0.111. The first-order valence-corrected chi connectivity index (χ1v) is 3.55. The van der Waals surface area contributed by atoms with Crippen LogP contribution in [0.2, 0.25) is 0 Å². The Hall–Kier alpha value is -1.84. The van der Waals surface area contributed by atoms with Crippen molar-refractivity contribution in [1.29, 1.82) is 0 Å². The highest BCUT2D eigenvalue weighted by atomic mass is 16.5. The van der Waals surface area contributed by atoms with Crippen LogP contribution in [0.5, 0.6) is 5.75 Å². The summed E-state index contributed by atoms with van der Waals surface area (Å²) in [5.74, 6) is -0.618. The fourth-order valence-electron chi connectivity index (χ4n) is 0.764. The van der Waals surface area contributed by atoms with Gasteiger partial charge >= 0.3 is 5.97 Å². The molecule has 0 spiro atoms. The SMILES string of the molecule is O=[C]c1ccc(OCC(=O)O)cc1. The number of hydrogen-bond donors (Lipinski definition) is 1. The number of carboxylic acid groups (broad SMARTS) is 1. The maximum atomic E-state index is 10.1. The number of aliphatic carboxylic acids is 1. The Kier molecular flexibility index (Phi) is 3.03. The van der Waals surface area contributed by atoms with Crippen molar-refractivity contribution in [3.8, 4) is 5.75 Å². The molecule has 0 amide bonds. The number of benzene rings is 1. The predicted octanol–water partition coefficient (Wildman–Crippen LogP) is 0.608. The van der Waals surface area contributed by atoms with Crippen molar-refractivity contribution in [3.63, 3.8) is 0 Å². The van der Waals surface area contributed by atoms with Gasteiger partial charge < -0.3 is 9.84 Å². The summed E-state index contributed by atoms with van der Waals surface area (Å²) in [6.07, 6.45) is 1.70. The van der Waals surface area contributed by atoms with E-state index in [2.05, 4.69) is 0 Å². The van der Waals surface area contributed by atoms with Gasteiger partial charge in [0.1, 0.15) is 5.75 Å². The predicted molar refractivity (Wildman–Crippen MR) is 44.4 cm³/mol. The van der Waals surface area contributed by atoms with Crippen LogP contribution < -0.4 is 4.74 Å². The summed E-state index contributed by atoms with van der Waals surface area (Å²) in [5, 5.41) is 8.29. The lowest BCUT2D eigenvalue weighted by molar-refractivity contribution is -0.139. The fourth-order valence-corrected chi connectivity index (χ4v) is 0.764. The van der Waals surface area contributed by atoms with Crippen molar-refractivity contribution < 1.29 is 19.4 Å². The van der Waals surface area contributed by atoms with E-state index in [1.165, 1.54) is 24.3 Å². The lowest BCUT2D eigenvalue weighted by Gasteiger charge is -2.01. The summed E-state index contributed by atoms with van der Waals surface area (Å²) in [6, 6.07) is 6.04. The first-order chi connectivity index (χ1) is 6.22. The van der Waals surface area contributed by atoms with E-state index in [0.29, 0.717) is 11.3 Å². The van der Waals surface area contributed by atoms with Gasteiger partial charge in [-0.2, -0.15) is 0 Å². The number of carboxylic acids is 1. The Labute approximate surface area is 74.8 Å². The molecular formula is C9H7O4. The van der Waals surface area contributed by atoms with Crippen LogP contribution in [0.3, 0.4) is 0 Å². The average Bonchev–Trinajstić information content (AvgIpc) is 2.15. The van der Waals surface area contributed by atoms with Crippen LogP contribution in [0.15, 0.2) is 24.3 Å². The minimum absolute atomic E-state index is 0.385. The Bertz CT molecular complexity index is 302. The Morgan fingerprint density at radius 3 is 2.46 bits per heavy atom. The molecule has 0 aliphatic rings. The molecule has 0 aliphatic carbocycles. The molecule has 0 saturated heterocycles. The summed E-state index contributed by atoms with van der Waals surface area (Å²) in [6.45, 7) is -0.385. The molecule has 0 atom stereocenters. The van der Waals surface area contributed by atoms with Crippen LogP contribution in [-0.4, -0.2) is 24.0 Å². The number of carbonyl (C=O) groups excluding carboxylic acids is 1. The van der Waals surface area contributed by atoms with Gasteiger partial charge in [-0.25, -0.2) is 4.79 Å². The normalized spacial score (nSPS) is 9.23. The molecule has 1 radical (unpaired) electrons. The van der Waals surface area contributed by atoms with Crippen LogP contribution in [0.25, 0.3) is 0 Å². The Morgan fingerprint density at radius 2 is 2.00 bits per heavy atom. The molecule has 0 aliphatic heterocycles. The monoisotopic (exact) mass is 179 g/mol. The average molecular weight is 179 g/mol. The molecule has 0 aromatic heterocycles. The molecule has 4 heteroatoms. The van der Waals surface area contributed by atoms with E-state index in [1.54, 1.807) is 6.29 Å². The van der Waals surface area contributed by atoms with Crippen LogP contribution in [0.4, 0.5) is 0 Å². The standard InChI is InChI=1S/C9H7O4/c10-5-7-1-3-8(4-2-7)13-6-9(11)12/h1-4H,6H2,(H,11,12). The number of carbonyl (C=O) groups is 1. The van der Waals surface area contributed by atoms with Gasteiger partial charge in [0, 0.05) is 5.56 Å². The second-order valence-corrected chi connectivity index (χ2v) is 2.31. The van der Waals surface area contributed by atoms with E-state index in [-0.39, 0.29) is 6.61 Å². The van der Waals surface area contributed by atoms with Gasteiger partial charge in [-0.15, -0.1) is 0 Å². The Balaban J connectivity index is 2.59. The molecule has 4 nitrogen and oxygen atoms in total.